The van der Waals surface area contributed by atoms with Crippen LogP contribution in [0.4, 0.5) is 4.79 Å². The Hall–Kier alpha value is -1.26. The minimum absolute atomic E-state index is 0.0214. The minimum atomic E-state index is -0.756. The van der Waals surface area contributed by atoms with E-state index < -0.39 is 5.97 Å². The van der Waals surface area contributed by atoms with Crippen LogP contribution in [0.15, 0.2) is 0 Å². The maximum atomic E-state index is 12.2. The van der Waals surface area contributed by atoms with Crippen molar-refractivity contribution in [2.45, 2.75) is 58.4 Å². The normalized spacial score (nSPS) is 20.2. The summed E-state index contributed by atoms with van der Waals surface area (Å²) in [5, 5.41) is 11.7. The second kappa shape index (κ2) is 6.78. The molecule has 19 heavy (non-hydrogen) atoms. The molecular weight excluding hydrogens is 244 g/mol. The predicted octanol–water partition coefficient (Wildman–Crippen LogP) is 2.46. The van der Waals surface area contributed by atoms with Crippen molar-refractivity contribution >= 4 is 12.0 Å². The molecular formula is C14H26N2O3. The maximum absolute atomic E-state index is 12.2. The molecule has 110 valence electrons. The fourth-order valence-corrected chi connectivity index (χ4v) is 2.27. The lowest BCUT2D eigenvalue weighted by Crippen LogP contribution is -2.52. The molecule has 0 aromatic carbocycles. The van der Waals surface area contributed by atoms with Gasteiger partial charge in [-0.05, 0) is 45.4 Å². The zero-order chi connectivity index (χ0) is 14.5. The number of aliphatic carboxylic acids is 1. The van der Waals surface area contributed by atoms with Gasteiger partial charge in [-0.15, -0.1) is 0 Å². The van der Waals surface area contributed by atoms with Crippen molar-refractivity contribution in [1.82, 2.24) is 10.2 Å². The number of carbonyl (C=O) groups excluding carboxylic acids is 1. The van der Waals surface area contributed by atoms with Gasteiger partial charge in [0.25, 0.3) is 0 Å². The number of nitrogens with zero attached hydrogens (tertiary/aromatic N) is 1. The molecule has 1 rings (SSSR count). The zero-order valence-corrected chi connectivity index (χ0v) is 12.2. The number of hydrogen-bond acceptors (Lipinski definition) is 2. The molecule has 2 N–H and O–H groups in total. The largest absolute Gasteiger partial charge is 0.481 e. The van der Waals surface area contributed by atoms with Crippen LogP contribution in [0, 0.1) is 5.92 Å². The van der Waals surface area contributed by atoms with Crippen molar-refractivity contribution < 1.29 is 14.7 Å². The van der Waals surface area contributed by atoms with E-state index in [-0.39, 0.29) is 18.0 Å². The summed E-state index contributed by atoms with van der Waals surface area (Å²) in [6, 6.07) is -0.0214. The van der Waals surface area contributed by atoms with E-state index in [4.69, 9.17) is 5.11 Å². The van der Waals surface area contributed by atoms with Crippen molar-refractivity contribution in [3.8, 4) is 0 Å². The third-order valence-corrected chi connectivity index (χ3v) is 3.90. The van der Waals surface area contributed by atoms with Crippen LogP contribution >= 0.6 is 0 Å². The lowest BCUT2D eigenvalue weighted by molar-refractivity contribution is -0.137. The van der Waals surface area contributed by atoms with E-state index in [1.807, 2.05) is 25.7 Å². The summed E-state index contributed by atoms with van der Waals surface area (Å²) in [4.78, 5) is 24.6. The topological polar surface area (TPSA) is 69.6 Å². The first-order valence-electron chi connectivity index (χ1n) is 7.13. The summed E-state index contributed by atoms with van der Waals surface area (Å²) in [5.74, 6) is -0.436. The molecule has 1 atom stereocenters. The highest BCUT2D eigenvalue weighted by molar-refractivity contribution is 5.75. The van der Waals surface area contributed by atoms with E-state index in [0.29, 0.717) is 18.9 Å². The van der Waals surface area contributed by atoms with Gasteiger partial charge in [0.1, 0.15) is 0 Å². The van der Waals surface area contributed by atoms with Crippen LogP contribution in [-0.4, -0.2) is 40.6 Å². The van der Waals surface area contributed by atoms with Crippen LogP contribution < -0.4 is 5.32 Å². The summed E-state index contributed by atoms with van der Waals surface area (Å²) < 4.78 is 0. The highest BCUT2D eigenvalue weighted by atomic mass is 16.4. The Kier molecular flexibility index (Phi) is 5.63. The van der Waals surface area contributed by atoms with Gasteiger partial charge in [0.2, 0.25) is 0 Å². The van der Waals surface area contributed by atoms with Gasteiger partial charge in [-0.25, -0.2) is 4.79 Å². The number of nitrogens with one attached hydrogen (secondary N) is 1. The molecule has 1 aliphatic heterocycles. The molecule has 0 aromatic rings. The number of piperidine rings is 1. The summed E-state index contributed by atoms with van der Waals surface area (Å²) in [5.41, 5.74) is -0.189. The van der Waals surface area contributed by atoms with Crippen molar-refractivity contribution in [1.29, 1.82) is 0 Å². The van der Waals surface area contributed by atoms with E-state index >= 15 is 0 Å². The number of rotatable bonds is 5. The van der Waals surface area contributed by atoms with Gasteiger partial charge in [0.15, 0.2) is 0 Å². The van der Waals surface area contributed by atoms with Crippen molar-refractivity contribution in [3.05, 3.63) is 0 Å². The van der Waals surface area contributed by atoms with Gasteiger partial charge in [-0.1, -0.05) is 6.92 Å². The smallest absolute Gasteiger partial charge is 0.317 e. The molecule has 0 aromatic heterocycles. The second-order valence-corrected chi connectivity index (χ2v) is 6.05. The molecule has 0 bridgehead atoms. The molecule has 0 radical (unpaired) electrons. The molecule has 1 aliphatic rings. The number of carboxylic acid groups (broad SMARTS) is 1. The Balaban J connectivity index is 2.45. The summed E-state index contributed by atoms with van der Waals surface area (Å²) in [6.45, 7) is 7.52. The quantitative estimate of drug-likeness (QED) is 0.806. The van der Waals surface area contributed by atoms with Crippen molar-refractivity contribution in [2.75, 3.05) is 13.1 Å². The molecule has 0 saturated carbocycles. The molecule has 1 unspecified atom stereocenters. The number of amides is 2. The molecule has 1 saturated heterocycles. The molecule has 2 amide bonds. The van der Waals surface area contributed by atoms with Gasteiger partial charge >= 0.3 is 12.0 Å². The molecule has 1 heterocycles. The summed E-state index contributed by atoms with van der Waals surface area (Å²) in [7, 11) is 0. The Labute approximate surface area is 115 Å². The average Bonchev–Trinajstić information content (AvgIpc) is 2.36. The number of urea groups is 1. The van der Waals surface area contributed by atoms with E-state index in [1.165, 1.54) is 0 Å². The first-order valence-corrected chi connectivity index (χ1v) is 7.13. The van der Waals surface area contributed by atoms with Gasteiger partial charge in [-0.3, -0.25) is 4.79 Å². The van der Waals surface area contributed by atoms with Crippen LogP contribution in [0.2, 0.25) is 0 Å². The average molecular weight is 270 g/mol. The predicted molar refractivity (Wildman–Crippen MR) is 74.1 cm³/mol. The molecule has 0 aliphatic carbocycles. The van der Waals surface area contributed by atoms with Gasteiger partial charge in [0.05, 0.1) is 0 Å². The molecule has 5 heteroatoms. The van der Waals surface area contributed by atoms with E-state index in [0.717, 1.165) is 25.8 Å². The third kappa shape index (κ3) is 5.49. The lowest BCUT2D eigenvalue weighted by atomic mass is 9.93. The molecule has 1 fully saturated rings. The van der Waals surface area contributed by atoms with E-state index in [2.05, 4.69) is 5.32 Å². The summed E-state index contributed by atoms with van der Waals surface area (Å²) in [6.07, 6.45) is 3.73. The highest BCUT2D eigenvalue weighted by Crippen LogP contribution is 2.21. The van der Waals surface area contributed by atoms with Crippen molar-refractivity contribution in [3.63, 3.8) is 0 Å². The monoisotopic (exact) mass is 270 g/mol. The zero-order valence-electron chi connectivity index (χ0n) is 12.2. The van der Waals surface area contributed by atoms with E-state index in [9.17, 15) is 9.59 Å². The van der Waals surface area contributed by atoms with Gasteiger partial charge in [-0.2, -0.15) is 0 Å². The lowest BCUT2D eigenvalue weighted by Gasteiger charge is -2.35. The fourth-order valence-electron chi connectivity index (χ4n) is 2.27. The fraction of sp³-hybridized carbons (Fsp3) is 0.857. The Morgan fingerprint density at radius 1 is 1.42 bits per heavy atom. The van der Waals surface area contributed by atoms with Crippen LogP contribution in [0.25, 0.3) is 0 Å². The van der Waals surface area contributed by atoms with Gasteiger partial charge in [0, 0.05) is 25.0 Å². The molecule has 0 spiro atoms. The minimum Gasteiger partial charge on any atom is -0.481 e. The first-order chi connectivity index (χ1) is 8.84. The third-order valence-electron chi connectivity index (χ3n) is 3.90. The van der Waals surface area contributed by atoms with Crippen LogP contribution in [0.3, 0.4) is 0 Å². The van der Waals surface area contributed by atoms with E-state index in [1.54, 1.807) is 0 Å². The van der Waals surface area contributed by atoms with Crippen LogP contribution in [-0.2, 0) is 4.79 Å². The number of carboxylic acids is 1. The Morgan fingerprint density at radius 3 is 2.68 bits per heavy atom. The van der Waals surface area contributed by atoms with Gasteiger partial charge < -0.3 is 15.3 Å². The van der Waals surface area contributed by atoms with Crippen LogP contribution in [0.1, 0.15) is 52.9 Å². The second-order valence-electron chi connectivity index (χ2n) is 6.05. The SMILES string of the molecule is CCC(C)(C)NC(=O)N1CCCC(CCC(=O)O)C1. The number of likely N-dealkylation sites (tertiary alicyclic amines) is 1. The molecule has 5 nitrogen and oxygen atoms in total. The first kappa shape index (κ1) is 15.8. The van der Waals surface area contributed by atoms with Crippen LogP contribution in [0.5, 0.6) is 0 Å². The maximum Gasteiger partial charge on any atom is 0.317 e. The van der Waals surface area contributed by atoms with Crippen molar-refractivity contribution in [2.24, 2.45) is 5.92 Å². The Bertz CT molecular complexity index is 329. The summed E-state index contributed by atoms with van der Waals surface area (Å²) >= 11 is 0. The number of hydrogen-bond donors (Lipinski definition) is 2. The number of carbonyl (C=O) groups is 2. The highest BCUT2D eigenvalue weighted by Gasteiger charge is 2.27. The standard InChI is InChI=1S/C14H26N2O3/c1-4-14(2,3)15-13(19)16-9-5-6-11(10-16)7-8-12(17)18/h11H,4-10H2,1-3H3,(H,15,19)(H,17,18). The Morgan fingerprint density at radius 2 is 2.11 bits per heavy atom.